The maximum Gasteiger partial charge on any atom is 0.292 e. The number of hydrogen-bond acceptors (Lipinski definition) is 4. The van der Waals surface area contributed by atoms with Crippen LogP contribution in [0.4, 0.5) is 0 Å². The average molecular weight is 568 g/mol. The normalized spacial score (nSPS) is 18.1. The fourth-order valence-corrected chi connectivity index (χ4v) is 5.99. The van der Waals surface area contributed by atoms with Crippen LogP contribution in [0.3, 0.4) is 0 Å². The van der Waals surface area contributed by atoms with Gasteiger partial charge in [-0.2, -0.15) is 16.8 Å². The van der Waals surface area contributed by atoms with Gasteiger partial charge in [0.25, 0.3) is 24.3 Å². The minimum absolute atomic E-state index is 0.178. The first-order valence-corrected chi connectivity index (χ1v) is 10.8. The van der Waals surface area contributed by atoms with Gasteiger partial charge < -0.3 is 0 Å². The lowest BCUT2D eigenvalue weighted by Crippen LogP contribution is -2.47. The maximum absolute atomic E-state index is 11.9. The Hall–Kier alpha value is -0.0200. The first kappa shape index (κ1) is 18.3. The first-order valence-electron chi connectivity index (χ1n) is 5.78. The zero-order valence-electron chi connectivity index (χ0n) is 10.8. The third kappa shape index (κ3) is 2.88. The Morgan fingerprint density at radius 1 is 1.05 bits per heavy atom. The molecule has 2 N–H and O–H groups in total. The third-order valence-corrected chi connectivity index (χ3v) is 10.1. The highest BCUT2D eigenvalue weighted by atomic mass is 127. The van der Waals surface area contributed by atoms with Crippen LogP contribution in [-0.4, -0.2) is 30.0 Å². The molecule has 0 saturated carbocycles. The van der Waals surface area contributed by atoms with Crippen molar-refractivity contribution in [1.29, 1.82) is 0 Å². The van der Waals surface area contributed by atoms with Gasteiger partial charge in [0.15, 0.2) is 0 Å². The quantitative estimate of drug-likeness (QED) is 0.429. The lowest BCUT2D eigenvalue weighted by atomic mass is 9.96. The zero-order chi connectivity index (χ0) is 16.8. The average Bonchev–Trinajstić information content (AvgIpc) is 2.39. The summed E-state index contributed by atoms with van der Waals surface area (Å²) in [5.41, 5.74) is 0.148. The molecule has 2 rings (SSSR count). The molecule has 0 unspecified atom stereocenters. The summed E-state index contributed by atoms with van der Waals surface area (Å²) in [6.07, 6.45) is 3.46. The molecule has 1 aromatic rings. The van der Waals surface area contributed by atoms with Crippen LogP contribution in [-0.2, 0) is 20.2 Å². The van der Waals surface area contributed by atoms with E-state index in [-0.39, 0.29) is 5.57 Å². The number of benzene rings is 1. The van der Waals surface area contributed by atoms with Gasteiger partial charge in [0.2, 0.25) is 0 Å². The van der Waals surface area contributed by atoms with Crippen LogP contribution in [0, 0.1) is 7.14 Å². The van der Waals surface area contributed by atoms with Crippen LogP contribution >= 0.6 is 45.2 Å². The zero-order valence-corrected chi connectivity index (χ0v) is 16.7. The summed E-state index contributed by atoms with van der Waals surface area (Å²) in [5, 5.41) is 0. The molecule has 0 heterocycles. The Labute approximate surface area is 155 Å². The number of rotatable bonds is 3. The highest BCUT2D eigenvalue weighted by molar-refractivity contribution is 14.1. The Morgan fingerprint density at radius 2 is 1.64 bits per heavy atom. The summed E-state index contributed by atoms with van der Waals surface area (Å²) in [6.45, 7) is 0. The first-order chi connectivity index (χ1) is 10.0. The molecule has 0 aromatic heterocycles. The standard InChI is InChI=1S/C12H10I2O6S2/c13-10-6-3-4-8(11(10)14)9-5-1-2-7-12(9,21(15,16)17)22(18,19)20/h1-6H,7H2,(H,15,16,17)(H,18,19,20). The van der Waals surface area contributed by atoms with E-state index < -0.39 is 30.7 Å². The fourth-order valence-electron chi connectivity index (χ4n) is 2.25. The minimum atomic E-state index is -5.14. The summed E-state index contributed by atoms with van der Waals surface area (Å²) < 4.78 is 65.2. The molecule has 22 heavy (non-hydrogen) atoms. The van der Waals surface area contributed by atoms with Crippen LogP contribution < -0.4 is 0 Å². The topological polar surface area (TPSA) is 109 Å². The summed E-state index contributed by atoms with van der Waals surface area (Å²) in [7, 11) is -10.3. The van der Waals surface area contributed by atoms with Gasteiger partial charge in [-0.1, -0.05) is 30.4 Å². The van der Waals surface area contributed by atoms with E-state index in [9.17, 15) is 25.9 Å². The van der Waals surface area contributed by atoms with Gasteiger partial charge in [0.1, 0.15) is 0 Å². The van der Waals surface area contributed by atoms with Crippen molar-refractivity contribution in [2.45, 2.75) is 10.5 Å². The van der Waals surface area contributed by atoms with Crippen LogP contribution in [0.5, 0.6) is 0 Å². The van der Waals surface area contributed by atoms with Gasteiger partial charge in [-0.25, -0.2) is 0 Å². The van der Waals surface area contributed by atoms with Crippen molar-refractivity contribution in [2.24, 2.45) is 0 Å². The highest BCUT2D eigenvalue weighted by Crippen LogP contribution is 2.44. The van der Waals surface area contributed by atoms with E-state index in [2.05, 4.69) is 0 Å². The molecular formula is C12H10I2O6S2. The molecule has 0 fully saturated rings. The molecule has 0 aliphatic heterocycles. The van der Waals surface area contributed by atoms with Gasteiger partial charge in [0, 0.05) is 19.1 Å². The van der Waals surface area contributed by atoms with Crippen molar-refractivity contribution in [3.8, 4) is 0 Å². The van der Waals surface area contributed by atoms with Crippen LogP contribution in [0.1, 0.15) is 12.0 Å². The maximum atomic E-state index is 11.9. The molecule has 0 bridgehead atoms. The van der Waals surface area contributed by atoms with Crippen molar-refractivity contribution in [2.75, 3.05) is 0 Å². The molecule has 6 nitrogen and oxygen atoms in total. The Kier molecular flexibility index (Phi) is 5.10. The van der Waals surface area contributed by atoms with Gasteiger partial charge in [-0.05, 0) is 56.8 Å². The predicted molar refractivity (Wildman–Crippen MR) is 99.4 cm³/mol. The number of halogens is 2. The molecule has 10 heteroatoms. The molecule has 0 spiro atoms. The second-order valence-corrected chi connectivity index (χ2v) is 10.3. The summed E-state index contributed by atoms with van der Waals surface area (Å²) in [4.78, 5) is 0. The number of hydrogen-bond donors (Lipinski definition) is 2. The van der Waals surface area contributed by atoms with Gasteiger partial charge >= 0.3 is 0 Å². The molecule has 0 radical (unpaired) electrons. The lowest BCUT2D eigenvalue weighted by Gasteiger charge is -2.31. The second kappa shape index (κ2) is 6.12. The highest BCUT2D eigenvalue weighted by Gasteiger charge is 2.58. The van der Waals surface area contributed by atoms with Crippen LogP contribution in [0.2, 0.25) is 0 Å². The molecule has 0 atom stereocenters. The van der Waals surface area contributed by atoms with E-state index in [4.69, 9.17) is 0 Å². The van der Waals surface area contributed by atoms with Gasteiger partial charge in [0.05, 0.1) is 0 Å². The monoisotopic (exact) mass is 568 g/mol. The van der Waals surface area contributed by atoms with Gasteiger partial charge in [-0.15, -0.1) is 0 Å². The van der Waals surface area contributed by atoms with Crippen molar-refractivity contribution in [3.63, 3.8) is 0 Å². The van der Waals surface area contributed by atoms with Crippen LogP contribution in [0.15, 0.2) is 36.4 Å². The third-order valence-electron chi connectivity index (χ3n) is 3.27. The molecule has 120 valence electrons. The molecule has 1 aromatic carbocycles. The van der Waals surface area contributed by atoms with Crippen molar-refractivity contribution >= 4 is 71.0 Å². The summed E-state index contributed by atoms with van der Waals surface area (Å²) >= 11 is 3.98. The molecule has 1 aliphatic rings. The van der Waals surface area contributed by atoms with E-state index in [0.717, 1.165) is 3.57 Å². The van der Waals surface area contributed by atoms with E-state index in [1.807, 2.05) is 45.2 Å². The minimum Gasteiger partial charge on any atom is -0.284 e. The molecule has 0 amide bonds. The van der Waals surface area contributed by atoms with E-state index >= 15 is 0 Å². The largest absolute Gasteiger partial charge is 0.292 e. The SMILES string of the molecule is O=S(=O)(O)C1(S(=O)(=O)O)CC=CC=C1c1cccc(I)c1I. The molecular weight excluding hydrogens is 558 g/mol. The summed E-state index contributed by atoms with van der Waals surface area (Å²) in [5.74, 6) is 0. The van der Waals surface area contributed by atoms with Crippen molar-refractivity contribution in [3.05, 3.63) is 49.1 Å². The van der Waals surface area contributed by atoms with Crippen molar-refractivity contribution < 1.29 is 25.9 Å². The predicted octanol–water partition coefficient (Wildman–Crippen LogP) is 2.71. The van der Waals surface area contributed by atoms with E-state index in [1.165, 1.54) is 18.2 Å². The lowest BCUT2D eigenvalue weighted by molar-refractivity contribution is 0.440. The van der Waals surface area contributed by atoms with Gasteiger partial charge in [-0.3, -0.25) is 9.11 Å². The molecule has 0 saturated heterocycles. The second-order valence-electron chi connectivity index (χ2n) is 4.52. The summed E-state index contributed by atoms with van der Waals surface area (Å²) in [6, 6.07) is 4.95. The van der Waals surface area contributed by atoms with E-state index in [0.29, 0.717) is 9.13 Å². The Balaban J connectivity index is 2.90. The smallest absolute Gasteiger partial charge is 0.284 e. The number of allylic oxidation sites excluding steroid dienone is 3. The Morgan fingerprint density at radius 3 is 2.18 bits per heavy atom. The Bertz CT molecular complexity index is 852. The molecule has 1 aliphatic carbocycles. The van der Waals surface area contributed by atoms with E-state index in [1.54, 1.807) is 18.2 Å². The van der Waals surface area contributed by atoms with Crippen LogP contribution in [0.25, 0.3) is 5.57 Å². The van der Waals surface area contributed by atoms with Crippen molar-refractivity contribution in [1.82, 2.24) is 0 Å². The fraction of sp³-hybridized carbons (Fsp3) is 0.167.